The molecule has 1 nitrogen and oxygen atoms in total. The zero-order chi connectivity index (χ0) is 8.48. The highest BCUT2D eigenvalue weighted by Gasteiger charge is 2.40. The molecule has 2 atom stereocenters. The van der Waals surface area contributed by atoms with Crippen LogP contribution in [-0.2, 0) is 0 Å². The Balaban J connectivity index is 2.55. The molecule has 0 heterocycles. The molecule has 2 unspecified atom stereocenters. The van der Waals surface area contributed by atoms with Crippen LogP contribution in [0.15, 0.2) is 0 Å². The van der Waals surface area contributed by atoms with Crippen molar-refractivity contribution < 1.29 is 13.9 Å². The molecule has 0 aromatic carbocycles. The van der Waals surface area contributed by atoms with Crippen LogP contribution in [0, 0.1) is 5.92 Å². The van der Waals surface area contributed by atoms with Gasteiger partial charge in [0.1, 0.15) is 5.60 Å². The van der Waals surface area contributed by atoms with Crippen LogP contribution in [0.4, 0.5) is 8.78 Å². The van der Waals surface area contributed by atoms with Gasteiger partial charge in [-0.2, -0.15) is 0 Å². The first kappa shape index (κ1) is 8.91. The van der Waals surface area contributed by atoms with Crippen LogP contribution in [0.25, 0.3) is 0 Å². The van der Waals surface area contributed by atoms with Crippen molar-refractivity contribution >= 4 is 0 Å². The highest BCUT2D eigenvalue weighted by molar-refractivity contribution is 4.86. The molecule has 0 bridgehead atoms. The van der Waals surface area contributed by atoms with Crippen molar-refractivity contribution in [2.75, 3.05) is 0 Å². The van der Waals surface area contributed by atoms with Crippen LogP contribution in [0.2, 0.25) is 0 Å². The summed E-state index contributed by atoms with van der Waals surface area (Å²) < 4.78 is 24.5. The van der Waals surface area contributed by atoms with E-state index >= 15 is 0 Å². The van der Waals surface area contributed by atoms with Crippen molar-refractivity contribution in [2.45, 2.75) is 44.6 Å². The van der Waals surface area contributed by atoms with Crippen LogP contribution < -0.4 is 0 Å². The van der Waals surface area contributed by atoms with Gasteiger partial charge in [-0.05, 0) is 18.8 Å². The number of hydrogen-bond donors (Lipinski definition) is 1. The lowest BCUT2D eigenvalue weighted by Gasteiger charge is -2.34. The maximum absolute atomic E-state index is 12.2. The van der Waals surface area contributed by atoms with Gasteiger partial charge in [-0.3, -0.25) is 0 Å². The van der Waals surface area contributed by atoms with Crippen molar-refractivity contribution in [1.29, 1.82) is 0 Å². The van der Waals surface area contributed by atoms with Crippen LogP contribution in [0.1, 0.15) is 32.6 Å². The van der Waals surface area contributed by atoms with Gasteiger partial charge in [0.15, 0.2) is 0 Å². The molecule has 0 radical (unpaired) electrons. The molecule has 1 N–H and O–H groups in total. The van der Waals surface area contributed by atoms with E-state index in [9.17, 15) is 13.9 Å². The minimum absolute atomic E-state index is 0.239. The summed E-state index contributed by atoms with van der Waals surface area (Å²) in [5.74, 6) is 0.239. The van der Waals surface area contributed by atoms with Crippen molar-refractivity contribution in [3.05, 3.63) is 0 Å². The summed E-state index contributed by atoms with van der Waals surface area (Å²) in [4.78, 5) is 0. The first-order valence-corrected chi connectivity index (χ1v) is 4.05. The van der Waals surface area contributed by atoms with Crippen LogP contribution in [-0.4, -0.2) is 17.1 Å². The maximum atomic E-state index is 12.2. The number of halogens is 2. The van der Waals surface area contributed by atoms with Gasteiger partial charge in [0.25, 0.3) is 6.43 Å². The van der Waals surface area contributed by atoms with E-state index in [0.29, 0.717) is 0 Å². The third-order valence-electron chi connectivity index (χ3n) is 2.41. The molecule has 11 heavy (non-hydrogen) atoms. The number of hydrogen-bond acceptors (Lipinski definition) is 1. The van der Waals surface area contributed by atoms with Gasteiger partial charge in [-0.15, -0.1) is 0 Å². The third kappa shape index (κ3) is 1.89. The van der Waals surface area contributed by atoms with Crippen LogP contribution in [0.3, 0.4) is 0 Å². The molecule has 1 aliphatic carbocycles. The Kier molecular flexibility index (Phi) is 2.47. The summed E-state index contributed by atoms with van der Waals surface area (Å²) in [6.07, 6.45) is -0.373. The van der Waals surface area contributed by atoms with Crippen LogP contribution >= 0.6 is 0 Å². The summed E-state index contributed by atoms with van der Waals surface area (Å²) in [6.45, 7) is 1.91. The summed E-state index contributed by atoms with van der Waals surface area (Å²) in [5.41, 5.74) is -1.68. The van der Waals surface area contributed by atoms with E-state index < -0.39 is 12.0 Å². The predicted octanol–water partition coefficient (Wildman–Crippen LogP) is 2.19. The molecule has 3 heteroatoms. The fourth-order valence-electron chi connectivity index (χ4n) is 1.76. The summed E-state index contributed by atoms with van der Waals surface area (Å²) in [5, 5.41) is 9.37. The SMILES string of the molecule is CC1CCCC(O)(C(F)F)C1. The molecule has 1 fully saturated rings. The zero-order valence-electron chi connectivity index (χ0n) is 6.69. The first-order chi connectivity index (χ1) is 5.04. The zero-order valence-corrected chi connectivity index (χ0v) is 6.69. The summed E-state index contributed by atoms with van der Waals surface area (Å²) in [6, 6.07) is 0. The second-order valence-corrected chi connectivity index (χ2v) is 3.61. The lowest BCUT2D eigenvalue weighted by atomic mass is 9.79. The van der Waals surface area contributed by atoms with Gasteiger partial charge in [0, 0.05) is 0 Å². The minimum atomic E-state index is -2.58. The van der Waals surface area contributed by atoms with Crippen molar-refractivity contribution in [2.24, 2.45) is 5.92 Å². The van der Waals surface area contributed by atoms with Gasteiger partial charge in [-0.25, -0.2) is 8.78 Å². The Hall–Kier alpha value is -0.180. The molecule has 66 valence electrons. The van der Waals surface area contributed by atoms with E-state index in [1.165, 1.54) is 0 Å². The molecule has 1 aliphatic rings. The second-order valence-electron chi connectivity index (χ2n) is 3.61. The van der Waals surface area contributed by atoms with E-state index in [2.05, 4.69) is 0 Å². The van der Waals surface area contributed by atoms with Gasteiger partial charge >= 0.3 is 0 Å². The molecular formula is C8H14F2O. The average Bonchev–Trinajstić information content (AvgIpc) is 1.86. The molecule has 0 aromatic rings. The minimum Gasteiger partial charge on any atom is -0.384 e. The average molecular weight is 164 g/mol. The molecule has 1 saturated carbocycles. The largest absolute Gasteiger partial charge is 0.384 e. The van der Waals surface area contributed by atoms with Crippen molar-refractivity contribution in [3.63, 3.8) is 0 Å². The van der Waals surface area contributed by atoms with E-state index in [0.717, 1.165) is 12.8 Å². The van der Waals surface area contributed by atoms with Gasteiger partial charge in [-0.1, -0.05) is 19.8 Å². The predicted molar refractivity (Wildman–Crippen MR) is 38.6 cm³/mol. The Labute approximate surface area is 65.4 Å². The highest BCUT2D eigenvalue weighted by Crippen LogP contribution is 2.36. The van der Waals surface area contributed by atoms with Crippen molar-refractivity contribution in [1.82, 2.24) is 0 Å². The number of alkyl halides is 2. The van der Waals surface area contributed by atoms with E-state index in [4.69, 9.17) is 0 Å². The third-order valence-corrected chi connectivity index (χ3v) is 2.41. The Bertz CT molecular complexity index is 138. The molecular weight excluding hydrogens is 150 g/mol. The molecule has 0 spiro atoms. The second kappa shape index (κ2) is 3.05. The molecule has 0 amide bonds. The molecule has 0 aromatic heterocycles. The quantitative estimate of drug-likeness (QED) is 0.629. The van der Waals surface area contributed by atoms with Crippen molar-refractivity contribution in [3.8, 4) is 0 Å². The van der Waals surface area contributed by atoms with E-state index in [-0.39, 0.29) is 18.8 Å². The van der Waals surface area contributed by atoms with Gasteiger partial charge < -0.3 is 5.11 Å². The van der Waals surface area contributed by atoms with Crippen LogP contribution in [0.5, 0.6) is 0 Å². The topological polar surface area (TPSA) is 20.2 Å². The molecule has 0 aliphatic heterocycles. The number of aliphatic hydroxyl groups is 1. The highest BCUT2D eigenvalue weighted by atomic mass is 19.3. The monoisotopic (exact) mass is 164 g/mol. The molecule has 1 rings (SSSR count). The lowest BCUT2D eigenvalue weighted by Crippen LogP contribution is -2.41. The smallest absolute Gasteiger partial charge is 0.266 e. The normalized spacial score (nSPS) is 39.5. The number of rotatable bonds is 1. The molecule has 0 saturated heterocycles. The van der Waals surface area contributed by atoms with E-state index in [1.807, 2.05) is 6.92 Å². The fourth-order valence-corrected chi connectivity index (χ4v) is 1.76. The standard InChI is InChI=1S/C8H14F2O/c1-6-3-2-4-8(11,5-6)7(9)10/h6-7,11H,2-5H2,1H3. The Morgan fingerprint density at radius 2 is 2.18 bits per heavy atom. The first-order valence-electron chi connectivity index (χ1n) is 4.05. The fraction of sp³-hybridized carbons (Fsp3) is 1.00. The summed E-state index contributed by atoms with van der Waals surface area (Å²) in [7, 11) is 0. The van der Waals surface area contributed by atoms with Gasteiger partial charge in [0.05, 0.1) is 0 Å². The Morgan fingerprint density at radius 3 is 2.55 bits per heavy atom. The van der Waals surface area contributed by atoms with E-state index in [1.54, 1.807) is 0 Å². The Morgan fingerprint density at radius 1 is 1.55 bits per heavy atom. The maximum Gasteiger partial charge on any atom is 0.266 e. The lowest BCUT2D eigenvalue weighted by molar-refractivity contribution is -0.125. The van der Waals surface area contributed by atoms with Gasteiger partial charge in [0.2, 0.25) is 0 Å². The summed E-state index contributed by atoms with van der Waals surface area (Å²) >= 11 is 0.